The van der Waals surface area contributed by atoms with E-state index in [1.54, 1.807) is 0 Å². The molecule has 3 aliphatic rings. The third-order valence-electron chi connectivity index (χ3n) is 2.54. The lowest BCUT2D eigenvalue weighted by Gasteiger charge is -2.23. The van der Waals surface area contributed by atoms with Crippen molar-refractivity contribution in [2.45, 2.75) is 26.2 Å². The molecule has 0 unspecified atom stereocenters. The van der Waals surface area contributed by atoms with Gasteiger partial charge in [-0.15, -0.1) is 0 Å². The second kappa shape index (κ2) is 1.04. The van der Waals surface area contributed by atoms with E-state index in [9.17, 15) is 0 Å². The average Bonchev–Trinajstić information content (AvgIpc) is 1.82. The summed E-state index contributed by atoms with van der Waals surface area (Å²) in [5, 5.41) is 0. The van der Waals surface area contributed by atoms with Crippen LogP contribution in [0.15, 0.2) is 0 Å². The van der Waals surface area contributed by atoms with Gasteiger partial charge >= 0.3 is 0 Å². The topological polar surface area (TPSA) is 0 Å². The van der Waals surface area contributed by atoms with Gasteiger partial charge in [0, 0.05) is 1.37 Å². The molecule has 3 rings (SSSR count). The van der Waals surface area contributed by atoms with E-state index in [0.717, 1.165) is 11.8 Å². The number of fused-ring (bicyclic) bond motifs is 1. The molecule has 0 nitrogen and oxygen atoms in total. The average molecular weight is 97.2 g/mol. The Bertz CT molecular complexity index is 112. The first-order valence-corrected chi connectivity index (χ1v) is 3.18. The summed E-state index contributed by atoms with van der Waals surface area (Å²) in [5.41, 5.74) is 0. The summed E-state index contributed by atoms with van der Waals surface area (Å²) >= 11 is 0. The summed E-state index contributed by atoms with van der Waals surface area (Å²) in [6.07, 6.45) is 3.90. The first kappa shape index (κ1) is 3.11. The minimum absolute atomic E-state index is 0.0231. The molecule has 0 aliphatic heterocycles. The number of rotatable bonds is 0. The van der Waals surface area contributed by atoms with E-state index < -0.39 is 0 Å². The lowest BCUT2D eigenvalue weighted by Crippen LogP contribution is -2.12. The van der Waals surface area contributed by atoms with E-state index in [4.69, 9.17) is 1.37 Å². The van der Waals surface area contributed by atoms with Crippen LogP contribution in [0.3, 0.4) is 0 Å². The minimum atomic E-state index is -0.0231. The van der Waals surface area contributed by atoms with Gasteiger partial charge in [0.2, 0.25) is 0 Å². The van der Waals surface area contributed by atoms with Crippen LogP contribution in [0.2, 0.25) is 0 Å². The number of hydrogen-bond donors (Lipinski definition) is 0. The van der Waals surface area contributed by atoms with Crippen molar-refractivity contribution in [3.05, 3.63) is 0 Å². The monoisotopic (exact) mass is 97.1 g/mol. The highest BCUT2D eigenvalue weighted by molar-refractivity contribution is 4.91. The Labute approximate surface area is 46.3 Å². The van der Waals surface area contributed by atoms with Gasteiger partial charge in [-0.2, -0.15) is 0 Å². The van der Waals surface area contributed by atoms with E-state index in [0.29, 0.717) is 0 Å². The van der Waals surface area contributed by atoms with E-state index in [1.165, 1.54) is 19.3 Å². The maximum Gasteiger partial charge on any atom is 0.0303 e. The van der Waals surface area contributed by atoms with Gasteiger partial charge in [-0.3, -0.25) is 0 Å². The Morgan fingerprint density at radius 1 is 1.43 bits per heavy atom. The highest BCUT2D eigenvalue weighted by Gasteiger charge is 2.41. The predicted molar refractivity (Wildman–Crippen MR) is 30.0 cm³/mol. The van der Waals surface area contributed by atoms with Crippen LogP contribution in [0.1, 0.15) is 27.6 Å². The van der Waals surface area contributed by atoms with Crippen molar-refractivity contribution in [1.82, 2.24) is 0 Å². The largest absolute Gasteiger partial charge is 0.0622 e. The van der Waals surface area contributed by atoms with Gasteiger partial charge in [0.15, 0.2) is 0 Å². The zero-order chi connectivity index (χ0) is 5.78. The maximum absolute atomic E-state index is 7.73. The van der Waals surface area contributed by atoms with Crippen molar-refractivity contribution in [1.29, 1.82) is 0 Å². The van der Waals surface area contributed by atoms with Gasteiger partial charge < -0.3 is 0 Å². The van der Waals surface area contributed by atoms with Crippen molar-refractivity contribution in [3.8, 4) is 0 Å². The van der Waals surface area contributed by atoms with Crippen molar-refractivity contribution in [2.75, 3.05) is 0 Å². The Kier molecular flexibility index (Phi) is 0.463. The molecule has 7 heavy (non-hydrogen) atoms. The third-order valence-corrected chi connectivity index (χ3v) is 2.54. The lowest BCUT2D eigenvalue weighted by molar-refractivity contribution is 0.281. The van der Waals surface area contributed by atoms with Crippen molar-refractivity contribution in [3.63, 3.8) is 0 Å². The molecular weight excluding hydrogens is 84.1 g/mol. The van der Waals surface area contributed by atoms with Gasteiger partial charge in [-0.05, 0) is 37.0 Å². The predicted octanol–water partition coefficient (Wildman–Crippen LogP) is 2.05. The van der Waals surface area contributed by atoms with Crippen molar-refractivity contribution >= 4 is 0 Å². The second-order valence-corrected chi connectivity index (χ2v) is 3.08. The molecule has 0 spiro atoms. The van der Waals surface area contributed by atoms with Gasteiger partial charge in [-0.25, -0.2) is 0 Å². The SMILES string of the molecule is [2H][C@@]1(C)CC2CC1C2. The Morgan fingerprint density at radius 2 is 2.14 bits per heavy atom. The molecule has 0 aromatic rings. The van der Waals surface area contributed by atoms with Crippen LogP contribution in [0, 0.1) is 17.7 Å². The fourth-order valence-electron chi connectivity index (χ4n) is 1.93. The fourth-order valence-corrected chi connectivity index (χ4v) is 1.93. The summed E-state index contributed by atoms with van der Waals surface area (Å²) in [6.45, 7) is 2.09. The summed E-state index contributed by atoms with van der Waals surface area (Å²) < 4.78 is 7.73. The van der Waals surface area contributed by atoms with Crippen LogP contribution in [-0.4, -0.2) is 0 Å². The summed E-state index contributed by atoms with van der Waals surface area (Å²) in [5.74, 6) is 1.69. The smallest absolute Gasteiger partial charge is 0.0303 e. The maximum atomic E-state index is 7.73. The highest BCUT2D eigenvalue weighted by Crippen LogP contribution is 2.51. The van der Waals surface area contributed by atoms with Gasteiger partial charge in [0.05, 0.1) is 0 Å². The molecule has 0 aromatic carbocycles. The second-order valence-electron chi connectivity index (χ2n) is 3.08. The van der Waals surface area contributed by atoms with Crippen LogP contribution >= 0.6 is 0 Å². The molecule has 1 atom stereocenters. The van der Waals surface area contributed by atoms with Crippen LogP contribution in [0.25, 0.3) is 0 Å². The van der Waals surface area contributed by atoms with Gasteiger partial charge in [0.1, 0.15) is 0 Å². The molecule has 0 amide bonds. The zero-order valence-electron chi connectivity index (χ0n) is 5.78. The molecule has 2 bridgehead atoms. The standard InChI is InChI=1S/C7H12/c1-5-2-6-3-7(5)4-6/h5-7H,2-4H2,1H3/t5-,6?,7?/m1/s1/i5D. The van der Waals surface area contributed by atoms with E-state index in [1.807, 2.05) is 0 Å². The highest BCUT2D eigenvalue weighted by atomic mass is 14.5. The fraction of sp³-hybridized carbons (Fsp3) is 1.00. The van der Waals surface area contributed by atoms with Crippen LogP contribution in [-0.2, 0) is 0 Å². The van der Waals surface area contributed by atoms with Crippen molar-refractivity contribution < 1.29 is 1.37 Å². The molecular formula is C7H12. The van der Waals surface area contributed by atoms with E-state index in [2.05, 4.69) is 6.92 Å². The molecule has 0 N–H and O–H groups in total. The molecule has 0 saturated heterocycles. The summed E-state index contributed by atoms with van der Waals surface area (Å²) in [6, 6.07) is 0. The Morgan fingerprint density at radius 3 is 2.29 bits per heavy atom. The Hall–Kier alpha value is 0. The third kappa shape index (κ3) is 0.375. The quantitative estimate of drug-likeness (QED) is 0.434. The molecule has 40 valence electrons. The van der Waals surface area contributed by atoms with Crippen LogP contribution in [0.5, 0.6) is 0 Å². The molecule has 0 radical (unpaired) electrons. The van der Waals surface area contributed by atoms with E-state index in [-0.39, 0.29) is 5.89 Å². The van der Waals surface area contributed by atoms with Gasteiger partial charge in [-0.1, -0.05) is 6.92 Å². The molecule has 3 fully saturated rings. The molecule has 3 saturated carbocycles. The zero-order valence-corrected chi connectivity index (χ0v) is 4.78. The Balaban J connectivity index is 2.20. The lowest BCUT2D eigenvalue weighted by atomic mass is 9.83. The minimum Gasteiger partial charge on any atom is -0.0622 e. The molecule has 0 aromatic heterocycles. The molecule has 3 aliphatic carbocycles. The van der Waals surface area contributed by atoms with E-state index >= 15 is 0 Å². The normalized spacial score (nSPS) is 69.6. The summed E-state index contributed by atoms with van der Waals surface area (Å²) in [4.78, 5) is 0. The number of hydrogen-bond acceptors (Lipinski definition) is 0. The van der Waals surface area contributed by atoms with Crippen LogP contribution in [0.4, 0.5) is 0 Å². The molecule has 0 heterocycles. The van der Waals surface area contributed by atoms with Gasteiger partial charge in [0.25, 0.3) is 0 Å². The first-order valence-electron chi connectivity index (χ1n) is 3.68. The van der Waals surface area contributed by atoms with Crippen LogP contribution < -0.4 is 0 Å². The van der Waals surface area contributed by atoms with Crippen molar-refractivity contribution in [2.24, 2.45) is 17.7 Å². The summed E-state index contributed by atoms with van der Waals surface area (Å²) in [7, 11) is 0. The first-order chi connectivity index (χ1) is 3.68. The molecule has 0 heteroatoms.